The fourth-order valence-electron chi connectivity index (χ4n) is 8.30. The molecule has 0 spiro atoms. The average molecular weight is 1190 g/mol. The van der Waals surface area contributed by atoms with E-state index in [2.05, 4.69) is 40.7 Å². The molecule has 0 amide bonds. The number of sulfonamides is 2. The van der Waals surface area contributed by atoms with Crippen molar-refractivity contribution < 1.29 is 55.5 Å². The number of para-hydroxylation sites is 2. The monoisotopic (exact) mass is 1180 g/mol. The molecule has 2 aliphatic rings. The maximum atomic E-state index is 14.5. The van der Waals surface area contributed by atoms with Crippen molar-refractivity contribution in [3.05, 3.63) is 108 Å². The van der Waals surface area contributed by atoms with Crippen LogP contribution in [0.15, 0.2) is 107 Å². The highest BCUT2D eigenvalue weighted by atomic mass is 32.2. The van der Waals surface area contributed by atoms with Crippen molar-refractivity contribution in [2.45, 2.75) is 29.1 Å². The number of benzene rings is 4. The second-order valence-corrected chi connectivity index (χ2v) is 22.1. The Morgan fingerprint density at radius 1 is 0.446 bits per heavy atom. The molecule has 8 N–H and O–H groups in total. The molecule has 0 aliphatic carbocycles. The summed E-state index contributed by atoms with van der Waals surface area (Å²) >= 11 is 0. The number of anilines is 10. The molecule has 8 rings (SSSR count). The van der Waals surface area contributed by atoms with E-state index in [1.807, 2.05) is 70.5 Å². The van der Waals surface area contributed by atoms with Gasteiger partial charge in [0, 0.05) is 88.4 Å². The summed E-state index contributed by atoms with van der Waals surface area (Å²) in [6, 6.07) is 28.3. The number of morpholine rings is 2. The van der Waals surface area contributed by atoms with Gasteiger partial charge in [0.15, 0.2) is 0 Å². The molecule has 2 saturated heterocycles. The van der Waals surface area contributed by atoms with Crippen LogP contribution in [0.1, 0.15) is 30.4 Å². The summed E-state index contributed by atoms with van der Waals surface area (Å²) in [4.78, 5) is 31.8. The standard InChI is InChI=1S/C55H72N14O12S2/c70-26-36-77-31-9-30-76-28-7-20-56-82(72,73)48-40-46(60-52-62-50(58-44-10-3-1-4-11-44)64-54(66-52)68-22-32-79-33-23-68)18-16-42(48)14-15-43-17-19-47(41-49(43)83(74,75)57-21-8-29-78-38-39-81-37-27-71)61-53-63-51(59-45-12-5-2-6-13-45)65-55(67-53)69-24-34-80-35-25-69/h1-6,10-19,40-41,56-57,70-71H,7-9,20-39H2,(H2,58,60,62,64,66)(H2,59,61,63,65,67)/b15-14+. The average Bonchev–Trinajstić information content (AvgIpc) is 3.68. The number of rotatable bonds is 35. The number of nitrogens with zero attached hydrogens (tertiary/aromatic N) is 8. The first kappa shape index (κ1) is 62.0. The van der Waals surface area contributed by atoms with Crippen LogP contribution in [0.4, 0.5) is 58.4 Å². The zero-order valence-electron chi connectivity index (χ0n) is 46.0. The van der Waals surface area contributed by atoms with Crippen molar-refractivity contribution in [3.63, 3.8) is 0 Å². The molecule has 83 heavy (non-hydrogen) atoms. The van der Waals surface area contributed by atoms with Gasteiger partial charge in [0.05, 0.1) is 75.9 Å². The number of hydrogen-bond donors (Lipinski definition) is 8. The molecule has 0 atom stereocenters. The van der Waals surface area contributed by atoms with Gasteiger partial charge in [0.2, 0.25) is 55.7 Å². The van der Waals surface area contributed by atoms with E-state index in [-0.39, 0.29) is 111 Å². The number of aliphatic hydroxyl groups is 2. The van der Waals surface area contributed by atoms with Crippen LogP contribution in [-0.4, -0.2) is 189 Å². The second-order valence-electron chi connectivity index (χ2n) is 18.6. The van der Waals surface area contributed by atoms with E-state index >= 15 is 0 Å². The Bertz CT molecular complexity index is 3200. The summed E-state index contributed by atoms with van der Waals surface area (Å²) in [5.41, 5.74) is 2.62. The van der Waals surface area contributed by atoms with E-state index in [1.165, 1.54) is 24.3 Å². The molecule has 0 bridgehead atoms. The minimum absolute atomic E-state index is 0.0249. The molecular weight excluding hydrogens is 1110 g/mol. The lowest BCUT2D eigenvalue weighted by Crippen LogP contribution is -2.37. The van der Waals surface area contributed by atoms with E-state index in [0.29, 0.717) is 108 Å². The van der Waals surface area contributed by atoms with Crippen molar-refractivity contribution in [2.75, 3.05) is 163 Å². The maximum absolute atomic E-state index is 14.5. The third-order valence-electron chi connectivity index (χ3n) is 12.4. The fraction of sp³-hybridized carbons (Fsp3) is 0.418. The third-order valence-corrected chi connectivity index (χ3v) is 15.4. The van der Waals surface area contributed by atoms with E-state index in [9.17, 15) is 16.8 Å². The number of nitrogens with one attached hydrogen (secondary N) is 6. The van der Waals surface area contributed by atoms with Gasteiger partial charge in [-0.05, 0) is 78.9 Å². The van der Waals surface area contributed by atoms with Crippen LogP contribution in [-0.2, 0) is 48.5 Å². The van der Waals surface area contributed by atoms with Gasteiger partial charge in [0.1, 0.15) is 0 Å². The van der Waals surface area contributed by atoms with Gasteiger partial charge in [0.25, 0.3) is 0 Å². The Balaban J connectivity index is 1.10. The van der Waals surface area contributed by atoms with Gasteiger partial charge < -0.3 is 69.7 Å². The largest absolute Gasteiger partial charge is 0.394 e. The number of ether oxygens (including phenoxy) is 6. The molecule has 2 aliphatic heterocycles. The van der Waals surface area contributed by atoms with Crippen LogP contribution in [0, 0.1) is 0 Å². The Labute approximate surface area is 483 Å². The summed E-state index contributed by atoms with van der Waals surface area (Å²) < 4.78 is 96.3. The van der Waals surface area contributed by atoms with Crippen molar-refractivity contribution >= 4 is 90.6 Å². The molecule has 28 heteroatoms. The first-order valence-electron chi connectivity index (χ1n) is 27.4. The topological polar surface area (TPSA) is 320 Å². The molecule has 0 radical (unpaired) electrons. The number of hydrogen-bond acceptors (Lipinski definition) is 24. The lowest BCUT2D eigenvalue weighted by molar-refractivity contribution is 0.0328. The van der Waals surface area contributed by atoms with Gasteiger partial charge in [-0.3, -0.25) is 0 Å². The Morgan fingerprint density at radius 3 is 1.22 bits per heavy atom. The lowest BCUT2D eigenvalue weighted by atomic mass is 10.1. The fourth-order valence-corrected chi connectivity index (χ4v) is 10.9. The highest BCUT2D eigenvalue weighted by Gasteiger charge is 2.24. The second kappa shape index (κ2) is 32.7. The van der Waals surface area contributed by atoms with Gasteiger partial charge in [-0.1, -0.05) is 60.7 Å². The molecule has 26 nitrogen and oxygen atoms in total. The van der Waals surface area contributed by atoms with Crippen LogP contribution < -0.4 is 40.5 Å². The Kier molecular flexibility index (Phi) is 24.4. The smallest absolute Gasteiger partial charge is 0.241 e. The predicted octanol–water partition coefficient (Wildman–Crippen LogP) is 4.65. The summed E-state index contributed by atoms with van der Waals surface area (Å²) in [6.45, 7) is 6.35. The van der Waals surface area contributed by atoms with Crippen LogP contribution in [0.3, 0.4) is 0 Å². The number of aliphatic hydroxyl groups excluding tert-OH is 2. The van der Waals surface area contributed by atoms with Crippen molar-refractivity contribution in [3.8, 4) is 0 Å². The molecular formula is C55H72N14O12S2. The Morgan fingerprint density at radius 2 is 0.807 bits per heavy atom. The highest BCUT2D eigenvalue weighted by molar-refractivity contribution is 7.89. The van der Waals surface area contributed by atoms with Crippen LogP contribution in [0.2, 0.25) is 0 Å². The SMILES string of the molecule is O=S(=O)(NCCCOCCCOCCO)c1cc(Nc2nc(Nc3ccccc3)nc(N3CCOCC3)n2)ccc1/C=C/c1ccc(Nc2nc(Nc3ccccc3)nc(N3CCOCC3)n2)cc1S(=O)(=O)NCCCOCCOCCO. The van der Waals surface area contributed by atoms with E-state index in [1.54, 1.807) is 24.3 Å². The molecule has 446 valence electrons. The molecule has 4 heterocycles. The normalized spacial score (nSPS) is 14.0. The zero-order valence-corrected chi connectivity index (χ0v) is 47.7. The Hall–Kier alpha value is -7.06. The van der Waals surface area contributed by atoms with E-state index < -0.39 is 20.0 Å². The molecule has 2 aromatic heterocycles. The van der Waals surface area contributed by atoms with Crippen LogP contribution in [0.5, 0.6) is 0 Å². The third kappa shape index (κ3) is 20.1. The van der Waals surface area contributed by atoms with Crippen molar-refractivity contribution in [1.29, 1.82) is 0 Å². The summed E-state index contributed by atoms with van der Waals surface area (Å²) in [6.07, 6.45) is 4.38. The molecule has 0 unspecified atom stereocenters. The minimum atomic E-state index is -4.27. The molecule has 0 saturated carbocycles. The minimum Gasteiger partial charge on any atom is -0.394 e. The lowest BCUT2D eigenvalue weighted by Gasteiger charge is -2.27. The molecule has 6 aromatic rings. The van der Waals surface area contributed by atoms with E-state index in [0.717, 1.165) is 11.4 Å². The summed E-state index contributed by atoms with van der Waals surface area (Å²) in [5, 5.41) is 30.8. The van der Waals surface area contributed by atoms with Gasteiger partial charge in [-0.15, -0.1) is 0 Å². The van der Waals surface area contributed by atoms with Crippen LogP contribution >= 0.6 is 0 Å². The van der Waals surface area contributed by atoms with E-state index in [4.69, 9.17) is 58.6 Å². The highest BCUT2D eigenvalue weighted by Crippen LogP contribution is 2.30. The van der Waals surface area contributed by atoms with Crippen molar-refractivity contribution in [1.82, 2.24) is 39.3 Å². The molecule has 4 aromatic carbocycles. The zero-order chi connectivity index (χ0) is 58.0. The first-order valence-corrected chi connectivity index (χ1v) is 30.4. The van der Waals surface area contributed by atoms with Gasteiger partial charge >= 0.3 is 0 Å². The molecule has 2 fully saturated rings. The maximum Gasteiger partial charge on any atom is 0.241 e. The van der Waals surface area contributed by atoms with Crippen LogP contribution in [0.25, 0.3) is 12.2 Å². The summed E-state index contributed by atoms with van der Waals surface area (Å²) in [7, 11) is -8.54. The first-order chi connectivity index (χ1) is 40.5. The van der Waals surface area contributed by atoms with Gasteiger partial charge in [-0.25, -0.2) is 26.3 Å². The number of aromatic nitrogens is 6. The van der Waals surface area contributed by atoms with Crippen molar-refractivity contribution in [2.24, 2.45) is 0 Å². The quantitative estimate of drug-likeness (QED) is 0.0198. The summed E-state index contributed by atoms with van der Waals surface area (Å²) in [5.74, 6) is 1.59. The predicted molar refractivity (Wildman–Crippen MR) is 315 cm³/mol. The van der Waals surface area contributed by atoms with Gasteiger partial charge in [-0.2, -0.15) is 29.9 Å².